The Hall–Kier alpha value is -3.19. The van der Waals surface area contributed by atoms with Crippen molar-refractivity contribution in [2.45, 2.75) is 32.2 Å². The van der Waals surface area contributed by atoms with Gasteiger partial charge in [0.25, 0.3) is 0 Å². The van der Waals surface area contributed by atoms with E-state index >= 15 is 0 Å². The highest BCUT2D eigenvalue weighted by Crippen LogP contribution is 2.35. The maximum absolute atomic E-state index is 2.60. The van der Waals surface area contributed by atoms with Gasteiger partial charge in [-0.2, -0.15) is 4.57 Å². The molecule has 1 aromatic heterocycles. The first-order valence-electron chi connectivity index (χ1n) is 10.6. The molecule has 0 saturated carbocycles. The Morgan fingerprint density at radius 3 is 1.93 bits per heavy atom. The lowest BCUT2D eigenvalue weighted by Crippen LogP contribution is -2.45. The molecule has 1 heterocycles. The van der Waals surface area contributed by atoms with Crippen LogP contribution in [-0.2, 0) is 12.8 Å². The van der Waals surface area contributed by atoms with Crippen molar-refractivity contribution in [1.82, 2.24) is 0 Å². The van der Waals surface area contributed by atoms with Gasteiger partial charge in [0.05, 0.1) is 0 Å². The maximum atomic E-state index is 2.60. The van der Waals surface area contributed by atoms with Crippen molar-refractivity contribution in [3.8, 4) is 22.4 Å². The van der Waals surface area contributed by atoms with Gasteiger partial charge in [0.2, 0.25) is 5.69 Å². The number of nitrogens with zero attached hydrogens (tertiary/aromatic N) is 1. The monoisotopic (exact) mass is 376 g/mol. The molecule has 0 radical (unpaired) electrons. The summed E-state index contributed by atoms with van der Waals surface area (Å²) in [7, 11) is 0. The topological polar surface area (TPSA) is 3.88 Å². The Labute approximate surface area is 173 Å². The first kappa shape index (κ1) is 17.9. The summed E-state index contributed by atoms with van der Waals surface area (Å²) in [6.07, 6.45) is 3.54. The molecule has 5 rings (SSSR count). The third-order valence-electron chi connectivity index (χ3n) is 6.17. The molecule has 0 aliphatic heterocycles. The SMILES string of the molecule is CC(c1ccccc1)[n+]1c(-c2ccccc2)cc(-c2ccccc2)c2c1CCC2. The number of aromatic nitrogens is 1. The average Bonchev–Trinajstić information content (AvgIpc) is 3.29. The molecule has 0 amide bonds. The van der Waals surface area contributed by atoms with Crippen LogP contribution in [0.5, 0.6) is 0 Å². The Bertz CT molecular complexity index is 1120. The van der Waals surface area contributed by atoms with Gasteiger partial charge in [-0.1, -0.05) is 78.9 Å². The minimum absolute atomic E-state index is 0.295. The Morgan fingerprint density at radius 2 is 1.28 bits per heavy atom. The minimum Gasteiger partial charge on any atom is -0.189 e. The number of fused-ring (bicyclic) bond motifs is 1. The minimum atomic E-state index is 0.295. The summed E-state index contributed by atoms with van der Waals surface area (Å²) in [5.74, 6) is 0. The lowest BCUT2D eigenvalue weighted by molar-refractivity contribution is -0.706. The smallest absolute Gasteiger partial charge is 0.189 e. The summed E-state index contributed by atoms with van der Waals surface area (Å²) in [5, 5.41) is 0. The zero-order chi connectivity index (χ0) is 19.6. The molecule has 1 nitrogen and oxygen atoms in total. The quantitative estimate of drug-likeness (QED) is 0.363. The van der Waals surface area contributed by atoms with Gasteiger partial charge in [-0.05, 0) is 36.1 Å². The molecule has 29 heavy (non-hydrogen) atoms. The number of benzene rings is 3. The zero-order valence-corrected chi connectivity index (χ0v) is 16.9. The summed E-state index contributed by atoms with van der Waals surface area (Å²) >= 11 is 0. The molecular formula is C28H26N+. The van der Waals surface area contributed by atoms with Crippen LogP contribution >= 0.6 is 0 Å². The molecule has 1 heteroatoms. The third-order valence-corrected chi connectivity index (χ3v) is 6.17. The highest BCUT2D eigenvalue weighted by molar-refractivity contribution is 5.73. The molecule has 142 valence electrons. The number of rotatable bonds is 4. The first-order chi connectivity index (χ1) is 14.3. The first-order valence-corrected chi connectivity index (χ1v) is 10.6. The summed E-state index contributed by atoms with van der Waals surface area (Å²) < 4.78 is 2.60. The van der Waals surface area contributed by atoms with Crippen molar-refractivity contribution in [2.24, 2.45) is 0 Å². The standard InChI is InChI=1S/C28H26N/c1-21(22-12-5-2-6-13-22)29-27-19-11-18-25(27)26(23-14-7-3-8-15-23)20-28(29)24-16-9-4-10-17-24/h2-10,12-17,20-21H,11,18-19H2,1H3/q+1. The van der Waals surface area contributed by atoms with Crippen LogP contribution in [0, 0.1) is 0 Å². The van der Waals surface area contributed by atoms with Crippen molar-refractivity contribution in [3.05, 3.63) is 114 Å². The molecule has 1 atom stereocenters. The molecule has 0 saturated heterocycles. The van der Waals surface area contributed by atoms with Gasteiger partial charge in [0.1, 0.15) is 0 Å². The van der Waals surface area contributed by atoms with E-state index in [2.05, 4.69) is 109 Å². The van der Waals surface area contributed by atoms with Crippen molar-refractivity contribution < 1.29 is 4.57 Å². The van der Waals surface area contributed by atoms with Crippen LogP contribution in [0.15, 0.2) is 97.1 Å². The lowest BCUT2D eigenvalue weighted by Gasteiger charge is -2.18. The second-order valence-corrected chi connectivity index (χ2v) is 7.91. The van der Waals surface area contributed by atoms with Crippen molar-refractivity contribution >= 4 is 0 Å². The number of pyridine rings is 1. The fourth-order valence-electron chi connectivity index (χ4n) is 4.75. The molecule has 4 aromatic rings. The van der Waals surface area contributed by atoms with Crippen LogP contribution in [0.4, 0.5) is 0 Å². The predicted octanol–water partition coefficient (Wildman–Crippen LogP) is 6.41. The zero-order valence-electron chi connectivity index (χ0n) is 16.9. The fourth-order valence-corrected chi connectivity index (χ4v) is 4.75. The normalized spacial score (nSPS) is 13.8. The van der Waals surface area contributed by atoms with E-state index in [0.717, 1.165) is 12.8 Å². The second kappa shape index (κ2) is 7.67. The van der Waals surface area contributed by atoms with Crippen LogP contribution in [0.1, 0.15) is 36.2 Å². The van der Waals surface area contributed by atoms with E-state index in [9.17, 15) is 0 Å². The second-order valence-electron chi connectivity index (χ2n) is 7.91. The number of hydrogen-bond donors (Lipinski definition) is 0. The van der Waals surface area contributed by atoms with Gasteiger partial charge < -0.3 is 0 Å². The van der Waals surface area contributed by atoms with Crippen molar-refractivity contribution in [3.63, 3.8) is 0 Å². The summed E-state index contributed by atoms with van der Waals surface area (Å²) in [5.41, 5.74) is 9.69. The van der Waals surface area contributed by atoms with Gasteiger partial charge in [-0.3, -0.25) is 0 Å². The van der Waals surface area contributed by atoms with Crippen molar-refractivity contribution in [1.29, 1.82) is 0 Å². The van der Waals surface area contributed by atoms with Gasteiger partial charge >= 0.3 is 0 Å². The predicted molar refractivity (Wildman–Crippen MR) is 120 cm³/mol. The van der Waals surface area contributed by atoms with Gasteiger partial charge in [0.15, 0.2) is 11.7 Å². The molecule has 0 N–H and O–H groups in total. The summed E-state index contributed by atoms with van der Waals surface area (Å²) in [4.78, 5) is 0. The van der Waals surface area contributed by atoms with Crippen LogP contribution in [0.25, 0.3) is 22.4 Å². The molecule has 3 aromatic carbocycles. The van der Waals surface area contributed by atoms with E-state index in [1.165, 1.54) is 45.6 Å². The number of hydrogen-bond acceptors (Lipinski definition) is 0. The fraction of sp³-hybridized carbons (Fsp3) is 0.179. The lowest BCUT2D eigenvalue weighted by atomic mass is 9.95. The molecule has 0 fully saturated rings. The van der Waals surface area contributed by atoms with E-state index in [-0.39, 0.29) is 0 Å². The Balaban J connectivity index is 1.79. The molecule has 0 bridgehead atoms. The molecule has 1 unspecified atom stereocenters. The Morgan fingerprint density at radius 1 is 0.690 bits per heavy atom. The molecule has 0 spiro atoms. The van der Waals surface area contributed by atoms with E-state index < -0.39 is 0 Å². The average molecular weight is 377 g/mol. The molecule has 1 aliphatic carbocycles. The van der Waals surface area contributed by atoms with Crippen molar-refractivity contribution in [2.75, 3.05) is 0 Å². The molecular weight excluding hydrogens is 350 g/mol. The van der Waals surface area contributed by atoms with E-state index in [4.69, 9.17) is 0 Å². The van der Waals surface area contributed by atoms with Crippen LogP contribution < -0.4 is 4.57 Å². The molecule has 1 aliphatic rings. The van der Waals surface area contributed by atoms with E-state index in [1.54, 1.807) is 0 Å². The van der Waals surface area contributed by atoms with Gasteiger partial charge in [-0.25, -0.2) is 0 Å². The summed E-state index contributed by atoms with van der Waals surface area (Å²) in [6.45, 7) is 2.34. The van der Waals surface area contributed by atoms with E-state index in [1.807, 2.05) is 0 Å². The van der Waals surface area contributed by atoms with Crippen LogP contribution in [-0.4, -0.2) is 0 Å². The third kappa shape index (κ3) is 3.27. The van der Waals surface area contributed by atoms with Crippen LogP contribution in [0.2, 0.25) is 0 Å². The largest absolute Gasteiger partial charge is 0.213 e. The van der Waals surface area contributed by atoms with Gasteiger partial charge in [-0.15, -0.1) is 0 Å². The maximum Gasteiger partial charge on any atom is 0.213 e. The van der Waals surface area contributed by atoms with Gasteiger partial charge in [0, 0.05) is 36.1 Å². The van der Waals surface area contributed by atoms with Crippen LogP contribution in [0.3, 0.4) is 0 Å². The van der Waals surface area contributed by atoms with E-state index in [0.29, 0.717) is 6.04 Å². The summed E-state index contributed by atoms with van der Waals surface area (Å²) in [6, 6.07) is 35.3. The highest BCUT2D eigenvalue weighted by Gasteiger charge is 2.33. The Kier molecular flexibility index (Phi) is 4.73. The highest BCUT2D eigenvalue weighted by atomic mass is 15.0.